The maximum absolute atomic E-state index is 9.55. The van der Waals surface area contributed by atoms with Gasteiger partial charge in [0.05, 0.1) is 5.52 Å². The van der Waals surface area contributed by atoms with Gasteiger partial charge in [0.15, 0.2) is 11.5 Å². The molecule has 1 heterocycles. The molecule has 0 aliphatic carbocycles. The molecule has 0 aliphatic rings. The van der Waals surface area contributed by atoms with Crippen LogP contribution in [0, 0.1) is 0 Å². The number of nitrogens with two attached hydrogens (primary N) is 2. The molecule has 6 N–H and O–H groups in total. The summed E-state index contributed by atoms with van der Waals surface area (Å²) in [6.07, 6.45) is 0. The van der Waals surface area contributed by atoms with Gasteiger partial charge in [-0.25, -0.2) is 4.98 Å². The summed E-state index contributed by atoms with van der Waals surface area (Å²) in [6.45, 7) is 0. The number of benzene rings is 2. The van der Waals surface area contributed by atoms with Gasteiger partial charge >= 0.3 is 0 Å². The third-order valence-electron chi connectivity index (χ3n) is 3.05. The van der Waals surface area contributed by atoms with E-state index in [-0.39, 0.29) is 17.4 Å². The molecular formula is C14H12N4O2. The summed E-state index contributed by atoms with van der Waals surface area (Å²) >= 11 is 0. The highest BCUT2D eigenvalue weighted by molar-refractivity contribution is 5.92. The fourth-order valence-corrected chi connectivity index (χ4v) is 2.05. The fourth-order valence-electron chi connectivity index (χ4n) is 2.05. The Morgan fingerprint density at radius 3 is 2.25 bits per heavy atom. The fraction of sp³-hybridized carbons (Fsp3) is 0. The van der Waals surface area contributed by atoms with Crippen LogP contribution >= 0.6 is 0 Å². The molecule has 0 unspecified atom stereocenters. The second-order valence-electron chi connectivity index (χ2n) is 4.40. The van der Waals surface area contributed by atoms with E-state index in [0.29, 0.717) is 16.7 Å². The Kier molecular flexibility index (Phi) is 2.57. The summed E-state index contributed by atoms with van der Waals surface area (Å²) < 4.78 is 0. The number of hydrogen-bond acceptors (Lipinski definition) is 6. The number of phenolic OH excluding ortho intramolecular Hbond substituents is 2. The zero-order chi connectivity index (χ0) is 14.3. The maximum Gasteiger partial charge on any atom is 0.222 e. The van der Waals surface area contributed by atoms with Crippen LogP contribution < -0.4 is 11.5 Å². The number of rotatable bonds is 1. The number of anilines is 2. The molecule has 3 rings (SSSR count). The molecule has 0 atom stereocenters. The van der Waals surface area contributed by atoms with E-state index in [4.69, 9.17) is 11.5 Å². The van der Waals surface area contributed by atoms with Gasteiger partial charge in [-0.1, -0.05) is 12.1 Å². The van der Waals surface area contributed by atoms with E-state index >= 15 is 0 Å². The van der Waals surface area contributed by atoms with Crippen LogP contribution in [0.25, 0.3) is 22.0 Å². The molecule has 0 aliphatic heterocycles. The van der Waals surface area contributed by atoms with E-state index in [0.717, 1.165) is 11.1 Å². The highest BCUT2D eigenvalue weighted by atomic mass is 16.3. The van der Waals surface area contributed by atoms with Crippen molar-refractivity contribution in [2.45, 2.75) is 0 Å². The summed E-state index contributed by atoms with van der Waals surface area (Å²) in [6, 6.07) is 10.0. The zero-order valence-electron chi connectivity index (χ0n) is 10.4. The monoisotopic (exact) mass is 268 g/mol. The molecule has 6 heteroatoms. The lowest BCUT2D eigenvalue weighted by Gasteiger charge is -2.07. The Hall–Kier alpha value is -3.02. The first-order valence-corrected chi connectivity index (χ1v) is 5.90. The van der Waals surface area contributed by atoms with Gasteiger partial charge in [-0.15, -0.1) is 0 Å². The number of hydrogen-bond donors (Lipinski definition) is 4. The Labute approximate surface area is 114 Å². The minimum absolute atomic E-state index is 0.130. The average molecular weight is 268 g/mol. The lowest BCUT2D eigenvalue weighted by molar-refractivity contribution is 0.404. The van der Waals surface area contributed by atoms with Crippen molar-refractivity contribution in [1.82, 2.24) is 9.97 Å². The number of nitrogens with zero attached hydrogens (tertiary/aromatic N) is 2. The van der Waals surface area contributed by atoms with Crippen molar-refractivity contribution >= 4 is 22.7 Å². The highest BCUT2D eigenvalue weighted by Crippen LogP contribution is 2.32. The third kappa shape index (κ3) is 1.93. The van der Waals surface area contributed by atoms with E-state index in [9.17, 15) is 10.2 Å². The largest absolute Gasteiger partial charge is 0.504 e. The highest BCUT2D eigenvalue weighted by Gasteiger charge is 2.07. The summed E-state index contributed by atoms with van der Waals surface area (Å²) in [5.41, 5.74) is 13.6. The van der Waals surface area contributed by atoms with Gasteiger partial charge < -0.3 is 21.7 Å². The molecule has 3 aromatic rings. The van der Waals surface area contributed by atoms with E-state index < -0.39 is 0 Å². The van der Waals surface area contributed by atoms with Crippen LogP contribution in [0.2, 0.25) is 0 Å². The Bertz CT molecular complexity index is 818. The van der Waals surface area contributed by atoms with E-state index in [1.807, 2.05) is 12.1 Å². The van der Waals surface area contributed by atoms with Crippen LogP contribution in [0.3, 0.4) is 0 Å². The van der Waals surface area contributed by atoms with Gasteiger partial charge in [0.1, 0.15) is 5.82 Å². The maximum atomic E-state index is 9.55. The Morgan fingerprint density at radius 2 is 1.50 bits per heavy atom. The first-order valence-electron chi connectivity index (χ1n) is 5.90. The molecule has 1 aromatic heterocycles. The van der Waals surface area contributed by atoms with Gasteiger partial charge in [0, 0.05) is 5.39 Å². The lowest BCUT2D eigenvalue weighted by Crippen LogP contribution is -2.00. The standard InChI is InChI=1S/C14H12N4O2/c15-13-9-5-7(1-3-10(9)17-14(16)18-13)8-2-4-11(19)12(20)6-8/h1-6,19-20H,(H4,15,16,17,18). The molecule has 0 amide bonds. The van der Waals surface area contributed by atoms with Crippen molar-refractivity contribution < 1.29 is 10.2 Å². The van der Waals surface area contributed by atoms with Crippen LogP contribution in [0.5, 0.6) is 11.5 Å². The van der Waals surface area contributed by atoms with Crippen LogP contribution in [0.15, 0.2) is 36.4 Å². The van der Waals surface area contributed by atoms with E-state index in [1.165, 1.54) is 12.1 Å². The lowest BCUT2D eigenvalue weighted by atomic mass is 10.0. The quantitative estimate of drug-likeness (QED) is 0.500. The van der Waals surface area contributed by atoms with Crippen LogP contribution in [0.4, 0.5) is 11.8 Å². The molecule has 0 spiro atoms. The van der Waals surface area contributed by atoms with E-state index in [1.54, 1.807) is 12.1 Å². The number of fused-ring (bicyclic) bond motifs is 1. The Balaban J connectivity index is 2.20. The average Bonchev–Trinajstić information content (AvgIpc) is 2.41. The predicted octanol–water partition coefficient (Wildman–Crippen LogP) is 1.87. The smallest absolute Gasteiger partial charge is 0.222 e. The van der Waals surface area contributed by atoms with Gasteiger partial charge in [0.2, 0.25) is 5.95 Å². The number of nitrogen functional groups attached to an aromatic ring is 2. The molecule has 0 saturated heterocycles. The molecule has 100 valence electrons. The summed E-state index contributed by atoms with van der Waals surface area (Å²) in [5, 5.41) is 19.6. The zero-order valence-corrected chi connectivity index (χ0v) is 10.4. The van der Waals surface area contributed by atoms with Crippen molar-refractivity contribution in [1.29, 1.82) is 0 Å². The summed E-state index contributed by atoms with van der Waals surface area (Å²) in [5.74, 6) is 0.0941. The molecule has 2 aromatic carbocycles. The summed E-state index contributed by atoms with van der Waals surface area (Å²) in [4.78, 5) is 8.02. The molecule has 0 saturated carbocycles. The van der Waals surface area contributed by atoms with Crippen molar-refractivity contribution in [2.24, 2.45) is 0 Å². The van der Waals surface area contributed by atoms with Gasteiger partial charge in [0.25, 0.3) is 0 Å². The number of aromatic nitrogens is 2. The van der Waals surface area contributed by atoms with Crippen LogP contribution in [-0.2, 0) is 0 Å². The van der Waals surface area contributed by atoms with Gasteiger partial charge in [-0.3, -0.25) is 0 Å². The first kappa shape index (κ1) is 12.0. The summed E-state index contributed by atoms with van der Waals surface area (Å²) in [7, 11) is 0. The molecule has 6 nitrogen and oxygen atoms in total. The molecule has 20 heavy (non-hydrogen) atoms. The first-order chi connectivity index (χ1) is 9.54. The SMILES string of the molecule is Nc1nc(N)c2cc(-c3ccc(O)c(O)c3)ccc2n1. The minimum atomic E-state index is -0.177. The van der Waals surface area contributed by atoms with Gasteiger partial charge in [-0.2, -0.15) is 4.98 Å². The van der Waals surface area contributed by atoms with Crippen LogP contribution in [0.1, 0.15) is 0 Å². The van der Waals surface area contributed by atoms with Gasteiger partial charge in [-0.05, 0) is 35.4 Å². The Morgan fingerprint density at radius 1 is 0.800 bits per heavy atom. The second-order valence-corrected chi connectivity index (χ2v) is 4.40. The topological polar surface area (TPSA) is 118 Å². The van der Waals surface area contributed by atoms with Crippen molar-refractivity contribution in [3.63, 3.8) is 0 Å². The number of phenols is 2. The number of aromatic hydroxyl groups is 2. The van der Waals surface area contributed by atoms with Crippen molar-refractivity contribution in [3.05, 3.63) is 36.4 Å². The van der Waals surface area contributed by atoms with Crippen LogP contribution in [-0.4, -0.2) is 20.2 Å². The predicted molar refractivity (Wildman–Crippen MR) is 77.1 cm³/mol. The third-order valence-corrected chi connectivity index (χ3v) is 3.05. The minimum Gasteiger partial charge on any atom is -0.504 e. The van der Waals surface area contributed by atoms with E-state index in [2.05, 4.69) is 9.97 Å². The van der Waals surface area contributed by atoms with Crippen molar-refractivity contribution in [3.8, 4) is 22.6 Å². The second kappa shape index (κ2) is 4.27. The molecule has 0 bridgehead atoms. The molecule has 0 fully saturated rings. The molecule has 0 radical (unpaired) electrons. The molecular weight excluding hydrogens is 256 g/mol. The van der Waals surface area contributed by atoms with Crippen molar-refractivity contribution in [2.75, 3.05) is 11.5 Å². The normalized spacial score (nSPS) is 10.8.